The SMILES string of the molecule is O=C(O)C1CCC(c2ccc3ccccc3c2)CC1. The van der Waals surface area contributed by atoms with Crippen molar-refractivity contribution in [3.63, 3.8) is 0 Å². The monoisotopic (exact) mass is 254 g/mol. The number of aliphatic carboxylic acids is 1. The van der Waals surface area contributed by atoms with Crippen LogP contribution in [0, 0.1) is 5.92 Å². The molecule has 0 aromatic heterocycles. The lowest BCUT2D eigenvalue weighted by atomic mass is 9.78. The molecule has 0 radical (unpaired) electrons. The number of hydrogen-bond acceptors (Lipinski definition) is 1. The van der Waals surface area contributed by atoms with Crippen molar-refractivity contribution >= 4 is 16.7 Å². The van der Waals surface area contributed by atoms with Gasteiger partial charge in [-0.15, -0.1) is 0 Å². The van der Waals surface area contributed by atoms with Gasteiger partial charge >= 0.3 is 5.97 Å². The zero-order chi connectivity index (χ0) is 13.2. The van der Waals surface area contributed by atoms with E-state index in [4.69, 9.17) is 5.11 Å². The second-order valence-corrected chi connectivity index (χ2v) is 5.49. The lowest BCUT2D eigenvalue weighted by Gasteiger charge is -2.26. The number of benzene rings is 2. The molecule has 2 aromatic rings. The van der Waals surface area contributed by atoms with Crippen LogP contribution in [0.2, 0.25) is 0 Å². The first kappa shape index (κ1) is 12.2. The Morgan fingerprint density at radius 1 is 0.947 bits per heavy atom. The van der Waals surface area contributed by atoms with Crippen LogP contribution in [0.5, 0.6) is 0 Å². The van der Waals surface area contributed by atoms with E-state index >= 15 is 0 Å². The van der Waals surface area contributed by atoms with Gasteiger partial charge in [-0.25, -0.2) is 0 Å². The molecule has 1 saturated carbocycles. The van der Waals surface area contributed by atoms with Crippen molar-refractivity contribution in [3.8, 4) is 0 Å². The summed E-state index contributed by atoms with van der Waals surface area (Å²) in [6.07, 6.45) is 3.62. The van der Waals surface area contributed by atoms with Crippen molar-refractivity contribution in [1.29, 1.82) is 0 Å². The van der Waals surface area contributed by atoms with Crippen molar-refractivity contribution in [1.82, 2.24) is 0 Å². The van der Waals surface area contributed by atoms with Crippen LogP contribution in [0.3, 0.4) is 0 Å². The molecule has 19 heavy (non-hydrogen) atoms. The highest BCUT2D eigenvalue weighted by Gasteiger charge is 2.26. The fourth-order valence-corrected chi connectivity index (χ4v) is 3.14. The first-order chi connectivity index (χ1) is 9.24. The van der Waals surface area contributed by atoms with Gasteiger partial charge in [0.2, 0.25) is 0 Å². The number of carboxylic acids is 1. The first-order valence-electron chi connectivity index (χ1n) is 6.95. The van der Waals surface area contributed by atoms with Crippen molar-refractivity contribution in [2.24, 2.45) is 5.92 Å². The zero-order valence-corrected chi connectivity index (χ0v) is 10.9. The smallest absolute Gasteiger partial charge is 0.306 e. The number of fused-ring (bicyclic) bond motifs is 1. The van der Waals surface area contributed by atoms with E-state index in [0.717, 1.165) is 25.7 Å². The number of carboxylic acid groups (broad SMARTS) is 1. The topological polar surface area (TPSA) is 37.3 Å². The van der Waals surface area contributed by atoms with Crippen LogP contribution < -0.4 is 0 Å². The molecule has 0 unspecified atom stereocenters. The van der Waals surface area contributed by atoms with E-state index in [1.165, 1.54) is 16.3 Å². The van der Waals surface area contributed by atoms with Gasteiger partial charge in [0.15, 0.2) is 0 Å². The van der Waals surface area contributed by atoms with E-state index < -0.39 is 5.97 Å². The van der Waals surface area contributed by atoms with Gasteiger partial charge in [0, 0.05) is 0 Å². The minimum Gasteiger partial charge on any atom is -0.481 e. The fraction of sp³-hybridized carbons (Fsp3) is 0.353. The third-order valence-corrected chi connectivity index (χ3v) is 4.32. The van der Waals surface area contributed by atoms with Crippen LogP contribution in [-0.4, -0.2) is 11.1 Å². The molecule has 1 N–H and O–H groups in total. The molecule has 0 saturated heterocycles. The second-order valence-electron chi connectivity index (χ2n) is 5.49. The minimum atomic E-state index is -0.628. The van der Waals surface area contributed by atoms with E-state index in [1.807, 2.05) is 0 Å². The summed E-state index contributed by atoms with van der Waals surface area (Å²) < 4.78 is 0. The third-order valence-electron chi connectivity index (χ3n) is 4.32. The highest BCUT2D eigenvalue weighted by molar-refractivity contribution is 5.83. The van der Waals surface area contributed by atoms with Gasteiger partial charge in [0.1, 0.15) is 0 Å². The Morgan fingerprint density at radius 2 is 1.63 bits per heavy atom. The molecule has 0 amide bonds. The van der Waals surface area contributed by atoms with Crippen LogP contribution in [0.25, 0.3) is 10.8 Å². The summed E-state index contributed by atoms with van der Waals surface area (Å²) in [5, 5.41) is 11.6. The Morgan fingerprint density at radius 3 is 2.32 bits per heavy atom. The van der Waals surface area contributed by atoms with E-state index in [0.29, 0.717) is 5.92 Å². The maximum absolute atomic E-state index is 11.0. The van der Waals surface area contributed by atoms with Crippen LogP contribution in [-0.2, 0) is 4.79 Å². The van der Waals surface area contributed by atoms with Gasteiger partial charge in [-0.2, -0.15) is 0 Å². The van der Waals surface area contributed by atoms with E-state index in [2.05, 4.69) is 42.5 Å². The highest BCUT2D eigenvalue weighted by atomic mass is 16.4. The van der Waals surface area contributed by atoms with Gasteiger partial charge in [-0.05, 0) is 47.9 Å². The Balaban J connectivity index is 1.80. The molecule has 1 fully saturated rings. The van der Waals surface area contributed by atoms with Crippen molar-refractivity contribution < 1.29 is 9.90 Å². The molecule has 3 rings (SSSR count). The molecule has 2 aromatic carbocycles. The average molecular weight is 254 g/mol. The maximum atomic E-state index is 11.0. The lowest BCUT2D eigenvalue weighted by molar-refractivity contribution is -0.142. The number of carbonyl (C=O) groups is 1. The second kappa shape index (κ2) is 5.04. The molecular formula is C17H18O2. The van der Waals surface area contributed by atoms with Gasteiger partial charge < -0.3 is 5.11 Å². The van der Waals surface area contributed by atoms with E-state index in [1.54, 1.807) is 0 Å². The van der Waals surface area contributed by atoms with Gasteiger partial charge in [0.25, 0.3) is 0 Å². The molecule has 0 spiro atoms. The van der Waals surface area contributed by atoms with Crippen molar-refractivity contribution in [2.75, 3.05) is 0 Å². The van der Waals surface area contributed by atoms with Gasteiger partial charge in [0.05, 0.1) is 5.92 Å². The summed E-state index contributed by atoms with van der Waals surface area (Å²) in [5.41, 5.74) is 1.36. The predicted molar refractivity (Wildman–Crippen MR) is 76.3 cm³/mol. The summed E-state index contributed by atoms with van der Waals surface area (Å²) in [6, 6.07) is 15.0. The van der Waals surface area contributed by atoms with Crippen LogP contribution in [0.15, 0.2) is 42.5 Å². The van der Waals surface area contributed by atoms with E-state index in [9.17, 15) is 4.79 Å². The van der Waals surface area contributed by atoms with Gasteiger partial charge in [-0.1, -0.05) is 42.5 Å². The molecule has 0 heterocycles. The summed E-state index contributed by atoms with van der Waals surface area (Å²) in [6.45, 7) is 0. The Labute approximate surface area is 113 Å². The standard InChI is InChI=1S/C17H18O2/c18-17(19)14-8-5-13(6-9-14)16-10-7-12-3-1-2-4-15(12)11-16/h1-4,7,10-11,13-14H,5-6,8-9H2,(H,18,19). The van der Waals surface area contributed by atoms with Crippen LogP contribution in [0.1, 0.15) is 37.2 Å². The highest BCUT2D eigenvalue weighted by Crippen LogP contribution is 2.36. The molecule has 98 valence electrons. The molecule has 0 bridgehead atoms. The third kappa shape index (κ3) is 2.48. The number of rotatable bonds is 2. The van der Waals surface area contributed by atoms with Gasteiger partial charge in [-0.3, -0.25) is 4.79 Å². The predicted octanol–water partition coefficient (Wildman–Crippen LogP) is 4.20. The minimum absolute atomic E-state index is 0.128. The van der Waals surface area contributed by atoms with Crippen molar-refractivity contribution in [3.05, 3.63) is 48.0 Å². The summed E-state index contributed by atoms with van der Waals surface area (Å²) >= 11 is 0. The quantitative estimate of drug-likeness (QED) is 0.872. The molecule has 1 aliphatic rings. The molecular weight excluding hydrogens is 236 g/mol. The van der Waals surface area contributed by atoms with E-state index in [-0.39, 0.29) is 5.92 Å². The Bertz CT molecular complexity index is 595. The van der Waals surface area contributed by atoms with Crippen LogP contribution in [0.4, 0.5) is 0 Å². The maximum Gasteiger partial charge on any atom is 0.306 e. The fourth-order valence-electron chi connectivity index (χ4n) is 3.14. The summed E-state index contributed by atoms with van der Waals surface area (Å²) in [4.78, 5) is 11.0. The summed E-state index contributed by atoms with van der Waals surface area (Å²) in [7, 11) is 0. The molecule has 0 aliphatic heterocycles. The average Bonchev–Trinajstić information content (AvgIpc) is 2.47. The largest absolute Gasteiger partial charge is 0.481 e. The molecule has 2 nitrogen and oxygen atoms in total. The molecule has 0 atom stereocenters. The Kier molecular flexibility index (Phi) is 3.24. The first-order valence-corrected chi connectivity index (χ1v) is 6.95. The number of hydrogen-bond donors (Lipinski definition) is 1. The van der Waals surface area contributed by atoms with Crippen molar-refractivity contribution in [2.45, 2.75) is 31.6 Å². The lowest BCUT2D eigenvalue weighted by Crippen LogP contribution is -2.20. The van der Waals surface area contributed by atoms with Crippen LogP contribution >= 0.6 is 0 Å². The summed E-state index contributed by atoms with van der Waals surface area (Å²) in [5.74, 6) is -0.228. The molecule has 2 heteroatoms. The molecule has 1 aliphatic carbocycles. The Hall–Kier alpha value is -1.83. The zero-order valence-electron chi connectivity index (χ0n) is 10.9. The normalized spacial score (nSPS) is 23.4.